The number of methoxy groups -OCH3 is 2. The molecule has 26 heavy (non-hydrogen) atoms. The minimum atomic E-state index is 0.140. The summed E-state index contributed by atoms with van der Waals surface area (Å²) in [6.07, 6.45) is 6.34. The van der Waals surface area contributed by atoms with Crippen molar-refractivity contribution in [3.8, 4) is 17.2 Å². The summed E-state index contributed by atoms with van der Waals surface area (Å²) in [6, 6.07) is 7.70. The molecular formula is C20H25N3O3. The third-order valence-electron chi connectivity index (χ3n) is 5.04. The molecule has 138 valence electrons. The van der Waals surface area contributed by atoms with Crippen LogP contribution < -0.4 is 19.1 Å². The fraction of sp³-hybridized carbons (Fsp3) is 0.500. The van der Waals surface area contributed by atoms with E-state index in [0.29, 0.717) is 23.2 Å². The molecule has 2 fully saturated rings. The van der Waals surface area contributed by atoms with Gasteiger partial charge in [0.05, 0.1) is 14.2 Å². The van der Waals surface area contributed by atoms with Crippen molar-refractivity contribution in [3.05, 3.63) is 36.3 Å². The number of ether oxygens (including phenoxy) is 3. The van der Waals surface area contributed by atoms with E-state index >= 15 is 0 Å². The lowest BCUT2D eigenvalue weighted by Crippen LogP contribution is -2.38. The first-order valence-electron chi connectivity index (χ1n) is 9.24. The average molecular weight is 355 g/mol. The van der Waals surface area contributed by atoms with Gasteiger partial charge in [0.15, 0.2) is 11.5 Å². The van der Waals surface area contributed by atoms with Gasteiger partial charge in [-0.15, -0.1) is 0 Å². The molecule has 0 N–H and O–H groups in total. The number of nitrogens with zero attached hydrogens (tertiary/aromatic N) is 3. The predicted octanol–water partition coefficient (Wildman–Crippen LogP) is 3.42. The number of rotatable bonds is 6. The average Bonchev–Trinajstić information content (AvgIpc) is 3.54. The summed E-state index contributed by atoms with van der Waals surface area (Å²) in [6.45, 7) is 1.84. The van der Waals surface area contributed by atoms with Gasteiger partial charge >= 0.3 is 0 Å². The second-order valence-corrected chi connectivity index (χ2v) is 6.84. The SMILES string of the molecule is COc1cccc(OC)c1OC1CCN(c2ccnc(C3CC3)n2)CC1. The van der Waals surface area contributed by atoms with Gasteiger partial charge in [-0.2, -0.15) is 0 Å². The van der Waals surface area contributed by atoms with Gasteiger partial charge in [-0.1, -0.05) is 6.07 Å². The molecule has 0 radical (unpaired) electrons. The molecule has 0 bridgehead atoms. The Balaban J connectivity index is 1.40. The fourth-order valence-corrected chi connectivity index (χ4v) is 3.38. The molecule has 2 aromatic rings. The van der Waals surface area contributed by atoms with Crippen LogP contribution in [0, 0.1) is 0 Å². The van der Waals surface area contributed by atoms with Crippen molar-refractivity contribution in [2.45, 2.75) is 37.7 Å². The Bertz CT molecular complexity index is 733. The van der Waals surface area contributed by atoms with Crippen molar-refractivity contribution in [2.75, 3.05) is 32.2 Å². The van der Waals surface area contributed by atoms with Gasteiger partial charge in [0.25, 0.3) is 0 Å². The minimum Gasteiger partial charge on any atom is -0.493 e. The molecule has 1 aliphatic carbocycles. The molecule has 2 aliphatic rings. The summed E-state index contributed by atoms with van der Waals surface area (Å²) in [5.41, 5.74) is 0. The molecule has 0 amide bonds. The van der Waals surface area contributed by atoms with E-state index in [-0.39, 0.29) is 6.10 Å². The summed E-state index contributed by atoms with van der Waals surface area (Å²) in [5.74, 6) is 4.71. The largest absolute Gasteiger partial charge is 0.493 e. The maximum Gasteiger partial charge on any atom is 0.203 e. The molecule has 4 rings (SSSR count). The van der Waals surface area contributed by atoms with Gasteiger partial charge in [-0.3, -0.25) is 0 Å². The lowest BCUT2D eigenvalue weighted by atomic mass is 10.1. The first kappa shape index (κ1) is 16.9. The predicted molar refractivity (Wildman–Crippen MR) is 99.4 cm³/mol. The zero-order valence-electron chi connectivity index (χ0n) is 15.4. The van der Waals surface area contributed by atoms with E-state index in [0.717, 1.165) is 37.6 Å². The molecule has 1 aromatic heterocycles. The maximum atomic E-state index is 6.25. The van der Waals surface area contributed by atoms with Crippen molar-refractivity contribution >= 4 is 5.82 Å². The molecule has 1 aromatic carbocycles. The smallest absolute Gasteiger partial charge is 0.203 e. The van der Waals surface area contributed by atoms with Gasteiger partial charge in [0, 0.05) is 38.0 Å². The maximum absolute atomic E-state index is 6.25. The lowest BCUT2D eigenvalue weighted by Gasteiger charge is -2.33. The zero-order valence-corrected chi connectivity index (χ0v) is 15.4. The molecule has 0 unspecified atom stereocenters. The number of benzene rings is 1. The highest BCUT2D eigenvalue weighted by atomic mass is 16.5. The van der Waals surface area contributed by atoms with Gasteiger partial charge in [-0.25, -0.2) is 9.97 Å². The van der Waals surface area contributed by atoms with Crippen LogP contribution in [0.25, 0.3) is 0 Å². The third kappa shape index (κ3) is 3.54. The molecule has 1 saturated carbocycles. The van der Waals surface area contributed by atoms with Gasteiger partial charge in [-0.05, 0) is 31.0 Å². The quantitative estimate of drug-likeness (QED) is 0.791. The highest BCUT2D eigenvalue weighted by molar-refractivity contribution is 5.51. The van der Waals surface area contributed by atoms with E-state index in [2.05, 4.69) is 9.88 Å². The topological polar surface area (TPSA) is 56.7 Å². The molecule has 6 nitrogen and oxygen atoms in total. The second-order valence-electron chi connectivity index (χ2n) is 6.84. The third-order valence-corrected chi connectivity index (χ3v) is 5.04. The van der Waals surface area contributed by atoms with Crippen molar-refractivity contribution in [3.63, 3.8) is 0 Å². The monoisotopic (exact) mass is 355 g/mol. The van der Waals surface area contributed by atoms with Crippen molar-refractivity contribution in [1.29, 1.82) is 0 Å². The number of anilines is 1. The van der Waals surface area contributed by atoms with E-state index in [1.807, 2.05) is 30.5 Å². The summed E-state index contributed by atoms with van der Waals surface area (Å²) >= 11 is 0. The highest BCUT2D eigenvalue weighted by Gasteiger charge is 2.28. The summed E-state index contributed by atoms with van der Waals surface area (Å²) < 4.78 is 17.1. The normalized spacial score (nSPS) is 17.8. The molecule has 2 heterocycles. The number of para-hydroxylation sites is 1. The Kier molecular flexibility index (Phi) is 4.82. The highest BCUT2D eigenvalue weighted by Crippen LogP contribution is 2.39. The van der Waals surface area contributed by atoms with Crippen LogP contribution in [0.2, 0.25) is 0 Å². The molecule has 1 saturated heterocycles. The fourth-order valence-electron chi connectivity index (χ4n) is 3.38. The Hall–Kier alpha value is -2.50. The zero-order chi connectivity index (χ0) is 17.9. The summed E-state index contributed by atoms with van der Waals surface area (Å²) in [5, 5.41) is 0. The molecule has 0 atom stereocenters. The van der Waals surface area contributed by atoms with Crippen LogP contribution in [0.15, 0.2) is 30.5 Å². The van der Waals surface area contributed by atoms with E-state index in [1.165, 1.54) is 12.8 Å². The minimum absolute atomic E-state index is 0.140. The van der Waals surface area contributed by atoms with E-state index < -0.39 is 0 Å². The first-order valence-corrected chi connectivity index (χ1v) is 9.24. The number of aromatic nitrogens is 2. The summed E-state index contributed by atoms with van der Waals surface area (Å²) in [4.78, 5) is 11.5. The van der Waals surface area contributed by atoms with Crippen LogP contribution in [0.1, 0.15) is 37.4 Å². The molecule has 0 spiro atoms. The van der Waals surface area contributed by atoms with Crippen LogP contribution >= 0.6 is 0 Å². The summed E-state index contributed by atoms with van der Waals surface area (Å²) in [7, 11) is 3.30. The number of hydrogen-bond donors (Lipinski definition) is 0. The van der Waals surface area contributed by atoms with Gasteiger partial charge < -0.3 is 19.1 Å². The van der Waals surface area contributed by atoms with Crippen molar-refractivity contribution < 1.29 is 14.2 Å². The van der Waals surface area contributed by atoms with Crippen molar-refractivity contribution in [2.24, 2.45) is 0 Å². The van der Waals surface area contributed by atoms with Gasteiger partial charge in [0.2, 0.25) is 5.75 Å². The Labute approximate surface area is 154 Å². The van der Waals surface area contributed by atoms with E-state index in [4.69, 9.17) is 19.2 Å². The number of hydrogen-bond acceptors (Lipinski definition) is 6. The van der Waals surface area contributed by atoms with Crippen molar-refractivity contribution in [1.82, 2.24) is 9.97 Å². The van der Waals surface area contributed by atoms with E-state index in [1.54, 1.807) is 14.2 Å². The van der Waals surface area contributed by atoms with E-state index in [9.17, 15) is 0 Å². The molecular weight excluding hydrogens is 330 g/mol. The number of piperidine rings is 1. The Morgan fingerprint density at radius 1 is 0.962 bits per heavy atom. The van der Waals surface area contributed by atoms with Gasteiger partial charge in [0.1, 0.15) is 17.7 Å². The standard InChI is InChI=1S/C20H25N3O3/c1-24-16-4-3-5-17(25-2)19(16)26-15-9-12-23(13-10-15)18-8-11-21-20(22-18)14-6-7-14/h3-5,8,11,14-15H,6-7,9-10,12-13H2,1-2H3. The second kappa shape index (κ2) is 7.40. The lowest BCUT2D eigenvalue weighted by molar-refractivity contribution is 0.158. The van der Waals surface area contributed by atoms with Crippen LogP contribution in [-0.4, -0.2) is 43.4 Å². The van der Waals surface area contributed by atoms with Crippen LogP contribution in [-0.2, 0) is 0 Å². The van der Waals surface area contributed by atoms with Crippen LogP contribution in [0.3, 0.4) is 0 Å². The van der Waals surface area contributed by atoms with Crippen LogP contribution in [0.4, 0.5) is 5.82 Å². The van der Waals surface area contributed by atoms with Crippen LogP contribution in [0.5, 0.6) is 17.2 Å². The molecule has 6 heteroatoms. The first-order chi connectivity index (χ1) is 12.8. The Morgan fingerprint density at radius 2 is 1.65 bits per heavy atom. The molecule has 1 aliphatic heterocycles. The Morgan fingerprint density at radius 3 is 2.27 bits per heavy atom.